The lowest BCUT2D eigenvalue weighted by Gasteiger charge is -2.43. The zero-order valence-electron chi connectivity index (χ0n) is 16.7. The number of ether oxygens (including phenoxy) is 1. The van der Waals surface area contributed by atoms with Crippen LogP contribution in [0.3, 0.4) is 0 Å². The summed E-state index contributed by atoms with van der Waals surface area (Å²) in [4.78, 5) is 2.79. The van der Waals surface area contributed by atoms with Crippen LogP contribution >= 0.6 is 0 Å². The van der Waals surface area contributed by atoms with Crippen molar-refractivity contribution in [1.82, 2.24) is 4.90 Å². The Morgan fingerprint density at radius 1 is 0.690 bits per heavy atom. The van der Waals surface area contributed by atoms with Crippen LogP contribution in [0.25, 0.3) is 0 Å². The summed E-state index contributed by atoms with van der Waals surface area (Å²) in [5, 5.41) is 0. The smallest absolute Gasteiger partial charge is 0.131 e. The molecule has 3 heterocycles. The van der Waals surface area contributed by atoms with E-state index in [9.17, 15) is 0 Å². The Kier molecular flexibility index (Phi) is 4.19. The number of rotatable bonds is 3. The van der Waals surface area contributed by atoms with Crippen LogP contribution in [0.1, 0.15) is 48.3 Å². The second-order valence-corrected chi connectivity index (χ2v) is 8.93. The highest BCUT2D eigenvalue weighted by molar-refractivity contribution is 5.53. The van der Waals surface area contributed by atoms with Crippen LogP contribution in [0.4, 0.5) is 0 Å². The van der Waals surface area contributed by atoms with Gasteiger partial charge in [-0.3, -0.25) is 4.90 Å². The molecule has 0 spiro atoms. The molecule has 3 aliphatic rings. The molecule has 2 heteroatoms. The van der Waals surface area contributed by atoms with Gasteiger partial charge in [-0.25, -0.2) is 0 Å². The molecule has 29 heavy (non-hydrogen) atoms. The van der Waals surface area contributed by atoms with E-state index in [1.807, 2.05) is 0 Å². The molecule has 2 fully saturated rings. The van der Waals surface area contributed by atoms with Gasteiger partial charge in [-0.1, -0.05) is 66.7 Å². The van der Waals surface area contributed by atoms with E-state index in [0.717, 1.165) is 18.0 Å². The fraction of sp³-hybridized carbons (Fsp3) is 0.333. The molecule has 0 N–H and O–H groups in total. The minimum atomic E-state index is 0.457. The quantitative estimate of drug-likeness (QED) is 0.523. The third-order valence-corrected chi connectivity index (χ3v) is 7.33. The average molecular weight is 382 g/mol. The van der Waals surface area contributed by atoms with Gasteiger partial charge >= 0.3 is 0 Å². The topological polar surface area (TPSA) is 12.5 Å². The number of para-hydroxylation sites is 2. The lowest BCUT2D eigenvalue weighted by atomic mass is 9.72. The van der Waals surface area contributed by atoms with Gasteiger partial charge in [-0.2, -0.15) is 0 Å². The van der Waals surface area contributed by atoms with Crippen LogP contribution in [0.5, 0.6) is 11.5 Å². The van der Waals surface area contributed by atoms with Crippen LogP contribution in [0.15, 0.2) is 78.9 Å². The van der Waals surface area contributed by atoms with E-state index in [0.29, 0.717) is 23.9 Å². The van der Waals surface area contributed by atoms with Gasteiger partial charge in [0, 0.05) is 35.7 Å². The number of benzene rings is 3. The van der Waals surface area contributed by atoms with Crippen molar-refractivity contribution in [2.45, 2.75) is 50.2 Å². The molecule has 3 aromatic carbocycles. The fourth-order valence-electron chi connectivity index (χ4n) is 6.10. The summed E-state index contributed by atoms with van der Waals surface area (Å²) >= 11 is 0. The maximum Gasteiger partial charge on any atom is 0.131 e. The van der Waals surface area contributed by atoms with Crippen LogP contribution in [-0.4, -0.2) is 17.0 Å². The van der Waals surface area contributed by atoms with Crippen LogP contribution < -0.4 is 4.74 Å². The lowest BCUT2D eigenvalue weighted by molar-refractivity contribution is 0.0888. The van der Waals surface area contributed by atoms with Crippen LogP contribution in [0, 0.1) is 5.92 Å². The SMILES string of the molecule is c1ccc(CN2C3CCC2CC(C2c4ccccc4Oc4ccccc42)C3)cc1. The first-order chi connectivity index (χ1) is 14.4. The van der Waals surface area contributed by atoms with Gasteiger partial charge in [0.2, 0.25) is 0 Å². The molecule has 3 aromatic rings. The molecule has 0 radical (unpaired) electrons. The average Bonchev–Trinajstić information content (AvgIpc) is 2.99. The Hall–Kier alpha value is -2.58. The van der Waals surface area contributed by atoms with Crippen molar-refractivity contribution in [3.05, 3.63) is 95.6 Å². The second kappa shape index (κ2) is 7.03. The fourth-order valence-corrected chi connectivity index (χ4v) is 6.10. The Balaban J connectivity index is 1.31. The molecule has 0 amide bonds. The van der Waals surface area contributed by atoms with Crippen molar-refractivity contribution in [3.8, 4) is 11.5 Å². The summed E-state index contributed by atoms with van der Waals surface area (Å²) in [5.41, 5.74) is 4.21. The summed E-state index contributed by atoms with van der Waals surface area (Å²) < 4.78 is 6.26. The van der Waals surface area contributed by atoms with E-state index in [1.54, 1.807) is 0 Å². The summed E-state index contributed by atoms with van der Waals surface area (Å²) in [7, 11) is 0. The number of fused-ring (bicyclic) bond motifs is 4. The second-order valence-electron chi connectivity index (χ2n) is 8.93. The molecule has 3 aliphatic heterocycles. The number of piperidine rings is 1. The highest BCUT2D eigenvalue weighted by Crippen LogP contribution is 2.53. The van der Waals surface area contributed by atoms with E-state index in [4.69, 9.17) is 4.74 Å². The molecule has 2 bridgehead atoms. The highest BCUT2D eigenvalue weighted by Gasteiger charge is 2.45. The number of hydrogen-bond acceptors (Lipinski definition) is 2. The first-order valence-corrected chi connectivity index (χ1v) is 11.0. The van der Waals surface area contributed by atoms with E-state index in [2.05, 4.69) is 83.8 Å². The van der Waals surface area contributed by atoms with Crippen molar-refractivity contribution in [2.24, 2.45) is 5.92 Å². The van der Waals surface area contributed by atoms with Crippen molar-refractivity contribution < 1.29 is 4.74 Å². The van der Waals surface area contributed by atoms with Crippen molar-refractivity contribution in [1.29, 1.82) is 0 Å². The summed E-state index contributed by atoms with van der Waals surface area (Å²) in [6.45, 7) is 1.10. The van der Waals surface area contributed by atoms with Crippen molar-refractivity contribution >= 4 is 0 Å². The maximum atomic E-state index is 6.26. The Morgan fingerprint density at radius 3 is 1.86 bits per heavy atom. The third-order valence-electron chi connectivity index (χ3n) is 7.33. The molecule has 2 saturated heterocycles. The maximum absolute atomic E-state index is 6.26. The molecule has 0 aliphatic carbocycles. The van der Waals surface area contributed by atoms with Gasteiger partial charge in [0.05, 0.1) is 0 Å². The van der Waals surface area contributed by atoms with Crippen molar-refractivity contribution in [3.63, 3.8) is 0 Å². The Labute approximate surface area is 173 Å². The normalized spacial score (nSPS) is 25.9. The van der Waals surface area contributed by atoms with E-state index < -0.39 is 0 Å². The molecule has 2 unspecified atom stereocenters. The highest BCUT2D eigenvalue weighted by atomic mass is 16.5. The van der Waals surface area contributed by atoms with Crippen molar-refractivity contribution in [2.75, 3.05) is 0 Å². The zero-order chi connectivity index (χ0) is 19.2. The van der Waals surface area contributed by atoms with Crippen LogP contribution in [0.2, 0.25) is 0 Å². The predicted molar refractivity (Wildman–Crippen MR) is 116 cm³/mol. The van der Waals surface area contributed by atoms with Gasteiger partial charge in [0.25, 0.3) is 0 Å². The first-order valence-electron chi connectivity index (χ1n) is 11.0. The molecule has 6 rings (SSSR count). The molecule has 0 saturated carbocycles. The molecular formula is C27H27NO. The van der Waals surface area contributed by atoms with Gasteiger partial charge < -0.3 is 4.74 Å². The van der Waals surface area contributed by atoms with Gasteiger partial charge in [-0.05, 0) is 49.3 Å². The van der Waals surface area contributed by atoms with Gasteiger partial charge in [0.1, 0.15) is 11.5 Å². The monoisotopic (exact) mass is 381 g/mol. The minimum Gasteiger partial charge on any atom is -0.457 e. The number of nitrogens with zero attached hydrogens (tertiary/aromatic N) is 1. The van der Waals surface area contributed by atoms with Crippen LogP contribution in [-0.2, 0) is 6.54 Å². The summed E-state index contributed by atoms with van der Waals surface area (Å²) in [6, 6.07) is 29.8. The lowest BCUT2D eigenvalue weighted by Crippen LogP contribution is -2.43. The van der Waals surface area contributed by atoms with E-state index in [1.165, 1.54) is 42.4 Å². The minimum absolute atomic E-state index is 0.457. The molecule has 146 valence electrons. The predicted octanol–water partition coefficient (Wildman–Crippen LogP) is 6.37. The van der Waals surface area contributed by atoms with Gasteiger partial charge in [0.15, 0.2) is 0 Å². The molecule has 2 nitrogen and oxygen atoms in total. The summed E-state index contributed by atoms with van der Waals surface area (Å²) in [5.74, 6) is 3.24. The first kappa shape index (κ1) is 17.3. The Morgan fingerprint density at radius 2 is 1.24 bits per heavy atom. The third kappa shape index (κ3) is 2.98. The molecular weight excluding hydrogens is 354 g/mol. The molecule has 2 atom stereocenters. The molecule has 0 aromatic heterocycles. The largest absolute Gasteiger partial charge is 0.457 e. The summed E-state index contributed by atoms with van der Waals surface area (Å²) in [6.07, 6.45) is 5.27. The number of hydrogen-bond donors (Lipinski definition) is 0. The zero-order valence-corrected chi connectivity index (χ0v) is 16.7. The van der Waals surface area contributed by atoms with E-state index >= 15 is 0 Å². The standard InChI is InChI=1S/C27H27NO/c1-2-8-19(9-3-1)18-28-21-14-15-22(28)17-20(16-21)27-23-10-4-6-12-25(23)29-26-13-7-5-11-24(26)27/h1-13,20-22,27H,14-18H2. The van der Waals surface area contributed by atoms with Gasteiger partial charge in [-0.15, -0.1) is 0 Å². The Bertz CT molecular complexity index is 954. The van der Waals surface area contributed by atoms with E-state index in [-0.39, 0.29) is 0 Å².